The number of benzene rings is 2. The topological polar surface area (TPSA) is 53.9 Å². The number of nitrogens with one attached hydrogen (secondary N) is 1. The van der Waals surface area contributed by atoms with Crippen LogP contribution < -0.4 is 15.0 Å². The van der Waals surface area contributed by atoms with Gasteiger partial charge in [0.05, 0.1) is 17.7 Å². The molecule has 0 bridgehead atoms. The Morgan fingerprint density at radius 3 is 2.68 bits per heavy atom. The number of halogens is 1. The Hall–Kier alpha value is -2.44. The van der Waals surface area contributed by atoms with Crippen LogP contribution in [0.25, 0.3) is 6.08 Å². The molecule has 4 rings (SSSR count). The lowest BCUT2D eigenvalue weighted by Gasteiger charge is -2.45. The molecule has 5 nitrogen and oxygen atoms in total. The molecule has 0 saturated carbocycles. The maximum Gasteiger partial charge on any atom is 0.264 e. The summed E-state index contributed by atoms with van der Waals surface area (Å²) < 4.78 is 5.17. The van der Waals surface area contributed by atoms with E-state index in [0.29, 0.717) is 21.0 Å². The Morgan fingerprint density at radius 1 is 1.29 bits per heavy atom. The van der Waals surface area contributed by atoms with Crippen LogP contribution in [0.4, 0.5) is 11.4 Å². The third-order valence-electron chi connectivity index (χ3n) is 5.99. The number of carbonyl (C=O) groups is 1. The van der Waals surface area contributed by atoms with E-state index in [0.717, 1.165) is 29.1 Å². The average Bonchev–Trinajstić information content (AvgIpc) is 3.06. The SMILES string of the molecule is COc1ccc(N=C2NC(=O)/C(=C\c3cc4c(cc3Cl)N(C)C(C)(C)CC4C)S2)cc1. The van der Waals surface area contributed by atoms with Crippen molar-refractivity contribution >= 4 is 51.9 Å². The Labute approximate surface area is 192 Å². The first-order valence-electron chi connectivity index (χ1n) is 10.2. The van der Waals surface area contributed by atoms with Gasteiger partial charge in [-0.05, 0) is 91.5 Å². The molecule has 1 atom stereocenters. The van der Waals surface area contributed by atoms with Crippen molar-refractivity contribution < 1.29 is 9.53 Å². The summed E-state index contributed by atoms with van der Waals surface area (Å²) in [6, 6.07) is 11.5. The number of amides is 1. The number of hydrogen-bond acceptors (Lipinski definition) is 5. The van der Waals surface area contributed by atoms with Gasteiger partial charge in [0.15, 0.2) is 5.17 Å². The molecule has 0 spiro atoms. The summed E-state index contributed by atoms with van der Waals surface area (Å²) in [5.74, 6) is 1.00. The molecule has 1 N–H and O–H groups in total. The van der Waals surface area contributed by atoms with Crippen LogP contribution in [0.5, 0.6) is 5.75 Å². The molecule has 2 aliphatic rings. The van der Waals surface area contributed by atoms with Gasteiger partial charge in [0.25, 0.3) is 5.91 Å². The zero-order chi connectivity index (χ0) is 22.3. The first-order chi connectivity index (χ1) is 14.7. The molecule has 2 aromatic carbocycles. The van der Waals surface area contributed by atoms with E-state index in [1.807, 2.05) is 36.4 Å². The Bertz CT molecular complexity index is 1090. The summed E-state index contributed by atoms with van der Waals surface area (Å²) in [4.78, 5) is 19.9. The van der Waals surface area contributed by atoms with Crippen LogP contribution >= 0.6 is 23.4 Å². The van der Waals surface area contributed by atoms with Crippen molar-refractivity contribution in [2.75, 3.05) is 19.1 Å². The third-order valence-corrected chi connectivity index (χ3v) is 7.23. The first kappa shape index (κ1) is 21.8. The third kappa shape index (κ3) is 4.32. The molecule has 1 fully saturated rings. The van der Waals surface area contributed by atoms with E-state index in [1.165, 1.54) is 17.3 Å². The van der Waals surface area contributed by atoms with Crippen molar-refractivity contribution in [3.05, 3.63) is 57.5 Å². The highest BCUT2D eigenvalue weighted by Gasteiger charge is 2.34. The number of thioether (sulfide) groups is 1. The van der Waals surface area contributed by atoms with Gasteiger partial charge in [-0.2, -0.15) is 0 Å². The van der Waals surface area contributed by atoms with Gasteiger partial charge in [-0.25, -0.2) is 4.99 Å². The van der Waals surface area contributed by atoms with Crippen LogP contribution in [-0.2, 0) is 4.79 Å². The summed E-state index contributed by atoms with van der Waals surface area (Å²) in [5.41, 5.74) is 4.08. The first-order valence-corrected chi connectivity index (χ1v) is 11.4. The molecule has 7 heteroatoms. The van der Waals surface area contributed by atoms with Gasteiger partial charge in [-0.15, -0.1) is 0 Å². The fourth-order valence-electron chi connectivity index (χ4n) is 4.11. The fourth-order valence-corrected chi connectivity index (χ4v) is 5.16. The van der Waals surface area contributed by atoms with Gasteiger partial charge in [-0.3, -0.25) is 4.79 Å². The van der Waals surface area contributed by atoms with Crippen molar-refractivity contribution in [1.29, 1.82) is 0 Å². The second-order valence-corrected chi connectivity index (χ2v) is 10.0. The second kappa shape index (κ2) is 8.24. The van der Waals surface area contributed by atoms with Crippen molar-refractivity contribution in [3.63, 3.8) is 0 Å². The monoisotopic (exact) mass is 455 g/mol. The molecule has 1 amide bonds. The van der Waals surface area contributed by atoms with Gasteiger partial charge < -0.3 is 15.0 Å². The maximum absolute atomic E-state index is 12.5. The van der Waals surface area contributed by atoms with Gasteiger partial charge in [0.1, 0.15) is 5.75 Å². The van der Waals surface area contributed by atoms with Crippen LogP contribution in [0.3, 0.4) is 0 Å². The van der Waals surface area contributed by atoms with Crippen LogP contribution in [0.1, 0.15) is 44.2 Å². The number of nitrogens with zero attached hydrogens (tertiary/aromatic N) is 2. The lowest BCUT2D eigenvalue weighted by Crippen LogP contribution is -2.45. The lowest BCUT2D eigenvalue weighted by molar-refractivity contribution is -0.115. The molecule has 0 aromatic heterocycles. The van der Waals surface area contributed by atoms with E-state index >= 15 is 0 Å². The van der Waals surface area contributed by atoms with E-state index in [2.05, 4.69) is 49.1 Å². The molecule has 0 aliphatic carbocycles. The van der Waals surface area contributed by atoms with Gasteiger partial charge in [0, 0.05) is 23.3 Å². The minimum Gasteiger partial charge on any atom is -0.497 e. The second-order valence-electron chi connectivity index (χ2n) is 8.59. The van der Waals surface area contributed by atoms with Crippen molar-refractivity contribution in [3.8, 4) is 5.75 Å². The number of hydrogen-bond donors (Lipinski definition) is 1. The number of aliphatic imine (C=N–C) groups is 1. The van der Waals surface area contributed by atoms with Crippen LogP contribution in [-0.4, -0.2) is 30.8 Å². The normalized spacial score (nSPS) is 22.6. The molecule has 2 aliphatic heterocycles. The summed E-state index contributed by atoms with van der Waals surface area (Å²) >= 11 is 7.95. The minimum absolute atomic E-state index is 0.0732. The van der Waals surface area contributed by atoms with E-state index in [-0.39, 0.29) is 11.4 Å². The van der Waals surface area contributed by atoms with Crippen LogP contribution in [0.15, 0.2) is 46.3 Å². The van der Waals surface area contributed by atoms with Crippen LogP contribution in [0, 0.1) is 0 Å². The maximum atomic E-state index is 12.5. The standard InChI is InChI=1S/C24H26ClN3O2S/c1-14-13-24(2,3)28(4)20-12-19(25)15(10-18(14)20)11-21-22(29)27-23(31-21)26-16-6-8-17(30-5)9-7-16/h6-12,14H,13H2,1-5H3,(H,26,27,29)/b21-11+. The summed E-state index contributed by atoms with van der Waals surface area (Å²) in [5, 5.41) is 4.02. The minimum atomic E-state index is -0.169. The number of ether oxygens (including phenoxy) is 1. The van der Waals surface area contributed by atoms with Gasteiger partial charge in [-0.1, -0.05) is 18.5 Å². The van der Waals surface area contributed by atoms with E-state index in [9.17, 15) is 4.79 Å². The quantitative estimate of drug-likeness (QED) is 0.580. The Kier molecular flexibility index (Phi) is 5.79. The zero-order valence-electron chi connectivity index (χ0n) is 18.3. The summed E-state index contributed by atoms with van der Waals surface area (Å²) in [6.45, 7) is 6.74. The van der Waals surface area contributed by atoms with E-state index in [1.54, 1.807) is 7.11 Å². The number of anilines is 1. The van der Waals surface area contributed by atoms with Crippen molar-refractivity contribution in [2.45, 2.75) is 38.6 Å². The highest BCUT2D eigenvalue weighted by atomic mass is 35.5. The van der Waals surface area contributed by atoms with Crippen LogP contribution in [0.2, 0.25) is 5.02 Å². The van der Waals surface area contributed by atoms with Gasteiger partial charge >= 0.3 is 0 Å². The number of fused-ring (bicyclic) bond motifs is 1. The predicted molar refractivity (Wildman–Crippen MR) is 131 cm³/mol. The highest BCUT2D eigenvalue weighted by molar-refractivity contribution is 8.18. The molecule has 1 unspecified atom stereocenters. The van der Waals surface area contributed by atoms with E-state index < -0.39 is 0 Å². The highest BCUT2D eigenvalue weighted by Crippen LogP contribution is 2.45. The molecule has 2 aromatic rings. The fraction of sp³-hybridized carbons (Fsp3) is 0.333. The molecular weight excluding hydrogens is 430 g/mol. The predicted octanol–water partition coefficient (Wildman–Crippen LogP) is 5.96. The zero-order valence-corrected chi connectivity index (χ0v) is 19.9. The van der Waals surface area contributed by atoms with Crippen molar-refractivity contribution in [1.82, 2.24) is 5.32 Å². The summed E-state index contributed by atoms with van der Waals surface area (Å²) in [7, 11) is 3.73. The van der Waals surface area contributed by atoms with Crippen molar-refractivity contribution in [2.24, 2.45) is 4.99 Å². The van der Waals surface area contributed by atoms with Gasteiger partial charge in [0.2, 0.25) is 0 Å². The molecule has 31 heavy (non-hydrogen) atoms. The molecule has 2 heterocycles. The number of amidine groups is 1. The molecule has 1 saturated heterocycles. The lowest BCUT2D eigenvalue weighted by atomic mass is 9.80. The number of carbonyl (C=O) groups excluding carboxylic acids is 1. The molecular formula is C24H26ClN3O2S. The largest absolute Gasteiger partial charge is 0.497 e. The summed E-state index contributed by atoms with van der Waals surface area (Å²) in [6.07, 6.45) is 2.91. The smallest absolute Gasteiger partial charge is 0.264 e. The Balaban J connectivity index is 1.62. The average molecular weight is 456 g/mol. The van der Waals surface area contributed by atoms with E-state index in [4.69, 9.17) is 16.3 Å². The Morgan fingerprint density at radius 2 is 2.00 bits per heavy atom. The number of rotatable bonds is 3. The molecule has 0 radical (unpaired) electrons. The number of methoxy groups -OCH3 is 1. The molecule has 162 valence electrons.